The highest BCUT2D eigenvalue weighted by molar-refractivity contribution is 7.73. The molecule has 114 valence electrons. The summed E-state index contributed by atoms with van der Waals surface area (Å²) >= 11 is 0. The summed E-state index contributed by atoms with van der Waals surface area (Å²) in [5, 5.41) is 0. The van der Waals surface area contributed by atoms with E-state index >= 15 is 0 Å². The average Bonchev–Trinajstić information content (AvgIpc) is 2.39. The molecular weight excluding hydrogens is 304 g/mol. The molecule has 0 unspecified atom stereocenters. The third kappa shape index (κ3) is 10.4. The fourth-order valence-electron chi connectivity index (χ4n) is 0.906. The van der Waals surface area contributed by atoms with E-state index in [1.165, 1.54) is 38.5 Å². The van der Waals surface area contributed by atoms with Crippen LogP contribution in [0.25, 0.3) is 0 Å². The maximum absolute atomic E-state index is 10.4. The summed E-state index contributed by atoms with van der Waals surface area (Å²) in [4.78, 5) is 0.418. The van der Waals surface area contributed by atoms with Gasteiger partial charge >= 0.3 is 0 Å². The first-order valence-electron chi connectivity index (χ1n) is 5.87. The lowest BCUT2D eigenvalue weighted by Crippen LogP contribution is -1.94. The monoisotopic (exact) mass is 322 g/mol. The van der Waals surface area contributed by atoms with E-state index in [1.807, 2.05) is 0 Å². The second-order valence-corrected chi connectivity index (χ2v) is 5.97. The van der Waals surface area contributed by atoms with E-state index in [-0.39, 0.29) is 9.73 Å². The highest BCUT2D eigenvalue weighted by Gasteiger charge is 1.89. The van der Waals surface area contributed by atoms with Gasteiger partial charge in [-0.2, -0.15) is 16.8 Å². The van der Waals surface area contributed by atoms with Crippen LogP contribution in [0, 0.1) is 0 Å². The molecule has 0 aliphatic carbocycles. The van der Waals surface area contributed by atoms with Gasteiger partial charge in [-0.25, -0.2) is 0 Å². The molecule has 0 aliphatic rings. The van der Waals surface area contributed by atoms with Gasteiger partial charge in [-0.1, -0.05) is 0 Å². The Morgan fingerprint density at radius 1 is 0.800 bits per heavy atom. The topological polar surface area (TPSA) is 86.7 Å². The van der Waals surface area contributed by atoms with Gasteiger partial charge in [0.1, 0.15) is 0 Å². The second kappa shape index (κ2) is 11.3. The summed E-state index contributed by atoms with van der Waals surface area (Å²) < 4.78 is 52.0. The largest absolute Gasteiger partial charge is 0.501 e. The van der Waals surface area contributed by atoms with E-state index in [0.29, 0.717) is 13.2 Å². The van der Waals surface area contributed by atoms with E-state index < -0.39 is 20.6 Å². The van der Waals surface area contributed by atoms with Crippen molar-refractivity contribution in [2.24, 2.45) is 0 Å². The Balaban J connectivity index is 3.66. The summed E-state index contributed by atoms with van der Waals surface area (Å²) in [7, 11) is -4.41. The molecule has 8 heteroatoms. The Labute approximate surface area is 121 Å². The molecule has 0 heterocycles. The lowest BCUT2D eigenvalue weighted by molar-refractivity contribution is 0.205. The Morgan fingerprint density at radius 2 is 1.15 bits per heavy atom. The van der Waals surface area contributed by atoms with Crippen molar-refractivity contribution < 1.29 is 26.3 Å². The normalized spacial score (nSPS) is 10.7. The lowest BCUT2D eigenvalue weighted by atomic mass is 10.3. The van der Waals surface area contributed by atoms with Crippen LogP contribution in [0.15, 0.2) is 24.7 Å². The van der Waals surface area contributed by atoms with Crippen molar-refractivity contribution >= 4 is 30.3 Å². The highest BCUT2D eigenvalue weighted by Crippen LogP contribution is 1.93. The standard InChI is InChI=1S/C12H18O6S2/c1-11(19(13)14)5-9-17-7-3-4-8-18-10-6-12(2)20(15)16/h5-6,9-10H,3-4,7-8H2,1-2H3. The van der Waals surface area contributed by atoms with Gasteiger partial charge in [0.2, 0.25) is 20.6 Å². The molecule has 0 amide bonds. The molecule has 0 aromatic rings. The fraction of sp³-hybridized carbons (Fsp3) is 0.500. The maximum Gasteiger partial charge on any atom is 0.217 e. The molecule has 0 spiro atoms. The van der Waals surface area contributed by atoms with Crippen LogP contribution in [-0.2, 0) is 30.1 Å². The molecule has 0 aromatic carbocycles. The van der Waals surface area contributed by atoms with Crippen LogP contribution in [-0.4, -0.2) is 39.8 Å². The van der Waals surface area contributed by atoms with E-state index in [2.05, 4.69) is 0 Å². The summed E-state index contributed by atoms with van der Waals surface area (Å²) in [6.07, 6.45) is 6.93. The predicted octanol–water partition coefficient (Wildman–Crippen LogP) is 0.970. The van der Waals surface area contributed by atoms with Crippen molar-refractivity contribution in [1.29, 1.82) is 0 Å². The number of hydrogen-bond acceptors (Lipinski definition) is 6. The zero-order chi connectivity index (χ0) is 15.4. The summed E-state index contributed by atoms with van der Waals surface area (Å²) in [6.45, 7) is 3.85. The Bertz CT molecular complexity index is 536. The second-order valence-electron chi connectivity index (χ2n) is 3.74. The third-order valence-electron chi connectivity index (χ3n) is 2.10. The minimum absolute atomic E-state index is 0.209. The van der Waals surface area contributed by atoms with E-state index in [4.69, 9.17) is 9.47 Å². The first kappa shape index (κ1) is 18.5. The zero-order valence-electron chi connectivity index (χ0n) is 11.4. The van der Waals surface area contributed by atoms with Crippen molar-refractivity contribution in [3.05, 3.63) is 24.7 Å². The highest BCUT2D eigenvalue weighted by atomic mass is 32.2. The Morgan fingerprint density at radius 3 is 1.45 bits per heavy atom. The van der Waals surface area contributed by atoms with Gasteiger partial charge < -0.3 is 9.47 Å². The van der Waals surface area contributed by atoms with Gasteiger partial charge in [-0.3, -0.25) is 0 Å². The number of hydrogen-bond donors (Lipinski definition) is 0. The predicted molar refractivity (Wildman–Crippen MR) is 78.6 cm³/mol. The SMILES string of the molecule is CC(C=COCCCCOC=CC(C)=S(=O)=O)=S(=O)=O. The lowest BCUT2D eigenvalue weighted by Gasteiger charge is -2.01. The van der Waals surface area contributed by atoms with Crippen molar-refractivity contribution in [3.8, 4) is 0 Å². The van der Waals surface area contributed by atoms with Gasteiger partial charge in [0.25, 0.3) is 0 Å². The molecule has 6 nitrogen and oxygen atoms in total. The number of allylic oxidation sites excluding steroid dienone is 2. The van der Waals surface area contributed by atoms with Crippen LogP contribution in [0.1, 0.15) is 26.7 Å². The molecule has 20 heavy (non-hydrogen) atoms. The molecule has 0 N–H and O–H groups in total. The molecular formula is C12H18O6S2. The van der Waals surface area contributed by atoms with E-state index in [1.54, 1.807) is 0 Å². The van der Waals surface area contributed by atoms with Gasteiger partial charge in [-0.15, -0.1) is 0 Å². The first-order chi connectivity index (χ1) is 9.45. The van der Waals surface area contributed by atoms with Gasteiger partial charge in [0.05, 0.1) is 35.5 Å². The number of unbranched alkanes of at least 4 members (excludes halogenated alkanes) is 1. The first-order valence-corrected chi connectivity index (χ1v) is 8.02. The average molecular weight is 322 g/mol. The molecule has 0 rings (SSSR count). The van der Waals surface area contributed by atoms with Crippen molar-refractivity contribution in [2.45, 2.75) is 26.7 Å². The Hall–Kier alpha value is -1.54. The van der Waals surface area contributed by atoms with Gasteiger partial charge in [0.15, 0.2) is 0 Å². The van der Waals surface area contributed by atoms with Gasteiger partial charge in [-0.05, 0) is 38.8 Å². The summed E-state index contributed by atoms with van der Waals surface area (Å²) in [5.74, 6) is 0. The fourth-order valence-corrected chi connectivity index (χ4v) is 1.24. The van der Waals surface area contributed by atoms with E-state index in [9.17, 15) is 16.8 Å². The van der Waals surface area contributed by atoms with Crippen LogP contribution < -0.4 is 0 Å². The number of rotatable bonds is 9. The van der Waals surface area contributed by atoms with Crippen LogP contribution in [0.4, 0.5) is 0 Å². The van der Waals surface area contributed by atoms with Crippen molar-refractivity contribution in [1.82, 2.24) is 0 Å². The van der Waals surface area contributed by atoms with Crippen molar-refractivity contribution in [3.63, 3.8) is 0 Å². The summed E-state index contributed by atoms with van der Waals surface area (Å²) in [5.41, 5.74) is 0. The molecule has 0 aliphatic heterocycles. The number of ether oxygens (including phenoxy) is 2. The molecule has 0 fully saturated rings. The molecule has 0 saturated carbocycles. The van der Waals surface area contributed by atoms with Crippen molar-refractivity contribution in [2.75, 3.05) is 13.2 Å². The molecule has 0 bridgehead atoms. The quantitative estimate of drug-likeness (QED) is 0.272. The molecule has 0 saturated heterocycles. The molecule has 0 radical (unpaired) electrons. The third-order valence-corrected chi connectivity index (χ3v) is 3.42. The molecule has 0 aromatic heterocycles. The zero-order valence-corrected chi connectivity index (χ0v) is 13.0. The van der Waals surface area contributed by atoms with Crippen LogP contribution in [0.2, 0.25) is 0 Å². The molecule has 0 atom stereocenters. The van der Waals surface area contributed by atoms with Crippen LogP contribution >= 0.6 is 0 Å². The minimum Gasteiger partial charge on any atom is -0.501 e. The summed E-state index contributed by atoms with van der Waals surface area (Å²) in [6, 6.07) is 0. The van der Waals surface area contributed by atoms with E-state index in [0.717, 1.165) is 12.8 Å². The Kier molecular flexibility index (Phi) is 10.4. The van der Waals surface area contributed by atoms with Crippen LogP contribution in [0.5, 0.6) is 0 Å². The smallest absolute Gasteiger partial charge is 0.217 e. The van der Waals surface area contributed by atoms with Gasteiger partial charge in [0, 0.05) is 0 Å². The van der Waals surface area contributed by atoms with Crippen LogP contribution in [0.3, 0.4) is 0 Å². The maximum atomic E-state index is 10.4. The minimum atomic E-state index is -2.20.